The standard InChI is InChI=1S/C17H28N8O2/c1-4-23(8-9-24-7-5-6-18-24)17(26)13-25-16(19-20-21-25)12-22-10-14(2)27-15(3)11-22/h5-7,14-15H,4,8-13H2,1-3H3/t14-,15+. The molecule has 3 heterocycles. The minimum atomic E-state index is 0.00178. The summed E-state index contributed by atoms with van der Waals surface area (Å²) in [6.45, 7) is 10.4. The molecule has 10 heteroatoms. The van der Waals surface area contributed by atoms with Gasteiger partial charge in [-0.05, 0) is 37.3 Å². The first kappa shape index (κ1) is 19.4. The minimum Gasteiger partial charge on any atom is -0.373 e. The van der Waals surface area contributed by atoms with E-state index >= 15 is 0 Å². The Morgan fingerprint density at radius 2 is 2.11 bits per heavy atom. The lowest BCUT2D eigenvalue weighted by Crippen LogP contribution is -2.45. The largest absolute Gasteiger partial charge is 0.373 e. The number of rotatable bonds is 8. The predicted molar refractivity (Wildman–Crippen MR) is 97.6 cm³/mol. The second kappa shape index (κ2) is 9.05. The van der Waals surface area contributed by atoms with Crippen LogP contribution in [-0.4, -0.2) is 84.1 Å². The van der Waals surface area contributed by atoms with Crippen molar-refractivity contribution in [3.05, 3.63) is 24.3 Å². The first-order chi connectivity index (χ1) is 13.0. The monoisotopic (exact) mass is 376 g/mol. The van der Waals surface area contributed by atoms with Gasteiger partial charge in [-0.2, -0.15) is 5.10 Å². The van der Waals surface area contributed by atoms with Gasteiger partial charge in [-0.1, -0.05) is 0 Å². The van der Waals surface area contributed by atoms with Crippen LogP contribution in [0.25, 0.3) is 0 Å². The lowest BCUT2D eigenvalue weighted by atomic mass is 10.2. The molecular weight excluding hydrogens is 348 g/mol. The van der Waals surface area contributed by atoms with Gasteiger partial charge in [-0.25, -0.2) is 4.68 Å². The van der Waals surface area contributed by atoms with Crippen LogP contribution in [0.2, 0.25) is 0 Å². The fraction of sp³-hybridized carbons (Fsp3) is 0.706. The molecule has 1 amide bonds. The number of carbonyl (C=O) groups excluding carboxylic acids is 1. The number of likely N-dealkylation sites (N-methyl/N-ethyl adjacent to an activating group) is 1. The summed E-state index contributed by atoms with van der Waals surface area (Å²) >= 11 is 0. The lowest BCUT2D eigenvalue weighted by molar-refractivity contribution is -0.132. The molecule has 2 aromatic heterocycles. The van der Waals surface area contributed by atoms with Gasteiger partial charge < -0.3 is 9.64 Å². The van der Waals surface area contributed by atoms with Gasteiger partial charge in [-0.15, -0.1) is 5.10 Å². The quantitative estimate of drug-likeness (QED) is 0.641. The molecule has 10 nitrogen and oxygen atoms in total. The van der Waals surface area contributed by atoms with E-state index in [-0.39, 0.29) is 24.7 Å². The van der Waals surface area contributed by atoms with Gasteiger partial charge >= 0.3 is 0 Å². The molecule has 0 spiro atoms. The minimum absolute atomic E-state index is 0.00178. The van der Waals surface area contributed by atoms with E-state index in [0.29, 0.717) is 32.0 Å². The van der Waals surface area contributed by atoms with Gasteiger partial charge in [0.2, 0.25) is 5.91 Å². The summed E-state index contributed by atoms with van der Waals surface area (Å²) in [4.78, 5) is 16.8. The molecule has 0 aromatic carbocycles. The highest BCUT2D eigenvalue weighted by Crippen LogP contribution is 2.13. The van der Waals surface area contributed by atoms with Gasteiger partial charge in [0.1, 0.15) is 6.54 Å². The van der Waals surface area contributed by atoms with Gasteiger partial charge in [0, 0.05) is 38.6 Å². The summed E-state index contributed by atoms with van der Waals surface area (Å²) in [6, 6.07) is 1.87. The Morgan fingerprint density at radius 3 is 2.78 bits per heavy atom. The van der Waals surface area contributed by atoms with E-state index < -0.39 is 0 Å². The molecule has 2 atom stereocenters. The van der Waals surface area contributed by atoms with Crippen molar-refractivity contribution in [3.8, 4) is 0 Å². The van der Waals surface area contributed by atoms with Gasteiger partial charge in [0.05, 0.1) is 25.3 Å². The highest BCUT2D eigenvalue weighted by atomic mass is 16.5. The normalized spacial score (nSPS) is 20.7. The van der Waals surface area contributed by atoms with E-state index in [1.165, 1.54) is 0 Å². The summed E-state index contributed by atoms with van der Waals surface area (Å²) in [5.41, 5.74) is 0. The van der Waals surface area contributed by atoms with E-state index in [9.17, 15) is 4.79 Å². The number of aromatic nitrogens is 6. The van der Waals surface area contributed by atoms with Crippen LogP contribution in [0.15, 0.2) is 18.5 Å². The zero-order valence-corrected chi connectivity index (χ0v) is 16.2. The molecule has 0 unspecified atom stereocenters. The van der Waals surface area contributed by atoms with Gasteiger partial charge in [-0.3, -0.25) is 14.4 Å². The summed E-state index contributed by atoms with van der Waals surface area (Å²) in [6.07, 6.45) is 3.98. The Hall–Kier alpha value is -2.33. The SMILES string of the molecule is CCN(CCn1cccn1)C(=O)Cn1nnnc1CN1C[C@@H](C)O[C@@H](C)C1. The van der Waals surface area contributed by atoms with Crippen LogP contribution in [0.4, 0.5) is 0 Å². The summed E-state index contributed by atoms with van der Waals surface area (Å²) in [5.74, 6) is 0.703. The van der Waals surface area contributed by atoms with Crippen molar-refractivity contribution in [2.24, 2.45) is 0 Å². The molecule has 0 N–H and O–H groups in total. The number of morpholine rings is 1. The molecule has 0 aliphatic carbocycles. The molecule has 0 saturated carbocycles. The third kappa shape index (κ3) is 5.33. The second-order valence-corrected chi connectivity index (χ2v) is 6.95. The maximum Gasteiger partial charge on any atom is 0.244 e. The fourth-order valence-electron chi connectivity index (χ4n) is 3.42. The molecule has 2 aromatic rings. The highest BCUT2D eigenvalue weighted by Gasteiger charge is 2.24. The van der Waals surface area contributed by atoms with Crippen molar-refractivity contribution in [2.45, 2.75) is 52.6 Å². The molecule has 1 aliphatic heterocycles. The zero-order chi connectivity index (χ0) is 19.2. The molecule has 0 radical (unpaired) electrons. The Labute approximate surface area is 159 Å². The van der Waals surface area contributed by atoms with E-state index in [2.05, 4.69) is 39.4 Å². The Balaban J connectivity index is 1.56. The van der Waals surface area contributed by atoms with Crippen LogP contribution in [0.5, 0.6) is 0 Å². The molecule has 3 rings (SSSR count). The van der Waals surface area contributed by atoms with Crippen molar-refractivity contribution in [1.29, 1.82) is 0 Å². The van der Waals surface area contributed by atoms with Crippen LogP contribution >= 0.6 is 0 Å². The first-order valence-corrected chi connectivity index (χ1v) is 9.43. The average Bonchev–Trinajstić information content (AvgIpc) is 3.27. The van der Waals surface area contributed by atoms with Crippen LogP contribution in [0, 0.1) is 0 Å². The number of hydrogen-bond donors (Lipinski definition) is 0. The fourth-order valence-corrected chi connectivity index (χ4v) is 3.42. The molecule has 0 bridgehead atoms. The molecule has 27 heavy (non-hydrogen) atoms. The number of nitrogens with zero attached hydrogens (tertiary/aromatic N) is 8. The second-order valence-electron chi connectivity index (χ2n) is 6.95. The number of tetrazole rings is 1. The smallest absolute Gasteiger partial charge is 0.244 e. The first-order valence-electron chi connectivity index (χ1n) is 9.43. The van der Waals surface area contributed by atoms with E-state index in [4.69, 9.17) is 4.74 Å². The average molecular weight is 376 g/mol. The van der Waals surface area contributed by atoms with Crippen molar-refractivity contribution >= 4 is 5.91 Å². The van der Waals surface area contributed by atoms with E-state index in [1.54, 1.807) is 15.8 Å². The number of hydrogen-bond acceptors (Lipinski definition) is 7. The Morgan fingerprint density at radius 1 is 1.33 bits per heavy atom. The Bertz CT molecular complexity index is 706. The maximum atomic E-state index is 12.7. The number of carbonyl (C=O) groups is 1. The zero-order valence-electron chi connectivity index (χ0n) is 16.2. The number of ether oxygens (including phenoxy) is 1. The predicted octanol–water partition coefficient (Wildman–Crippen LogP) is 0.0275. The van der Waals surface area contributed by atoms with Gasteiger partial charge in [0.15, 0.2) is 5.82 Å². The van der Waals surface area contributed by atoms with E-state index in [1.807, 2.05) is 23.9 Å². The Kier molecular flexibility index (Phi) is 6.51. The number of amides is 1. The van der Waals surface area contributed by atoms with Gasteiger partial charge in [0.25, 0.3) is 0 Å². The van der Waals surface area contributed by atoms with E-state index in [0.717, 1.165) is 13.1 Å². The molecule has 1 aliphatic rings. The summed E-state index contributed by atoms with van der Waals surface area (Å²) < 4.78 is 9.19. The van der Waals surface area contributed by atoms with Crippen LogP contribution in [0.3, 0.4) is 0 Å². The van der Waals surface area contributed by atoms with Crippen LogP contribution in [-0.2, 0) is 29.2 Å². The van der Waals surface area contributed by atoms with Crippen molar-refractivity contribution < 1.29 is 9.53 Å². The lowest BCUT2D eigenvalue weighted by Gasteiger charge is -2.34. The molecular formula is C17H28N8O2. The van der Waals surface area contributed by atoms with Crippen LogP contribution < -0.4 is 0 Å². The van der Waals surface area contributed by atoms with Crippen molar-refractivity contribution in [2.75, 3.05) is 26.2 Å². The van der Waals surface area contributed by atoms with Crippen molar-refractivity contribution in [1.82, 2.24) is 39.8 Å². The van der Waals surface area contributed by atoms with Crippen LogP contribution in [0.1, 0.15) is 26.6 Å². The molecule has 148 valence electrons. The summed E-state index contributed by atoms with van der Waals surface area (Å²) in [7, 11) is 0. The summed E-state index contributed by atoms with van der Waals surface area (Å²) in [5, 5.41) is 16.1. The topological polar surface area (TPSA) is 94.2 Å². The third-order valence-corrected chi connectivity index (χ3v) is 4.64. The highest BCUT2D eigenvalue weighted by molar-refractivity contribution is 5.75. The molecule has 1 saturated heterocycles. The molecule has 1 fully saturated rings. The maximum absolute atomic E-state index is 12.7. The van der Waals surface area contributed by atoms with Crippen molar-refractivity contribution in [3.63, 3.8) is 0 Å². The third-order valence-electron chi connectivity index (χ3n) is 4.64.